The predicted octanol–water partition coefficient (Wildman–Crippen LogP) is 2.62. The minimum absolute atomic E-state index is 0.0837. The molecule has 0 amide bonds. The van der Waals surface area contributed by atoms with Gasteiger partial charge in [-0.25, -0.2) is 8.42 Å². The number of ether oxygens (including phenoxy) is 1. The summed E-state index contributed by atoms with van der Waals surface area (Å²) < 4.78 is 32.1. The van der Waals surface area contributed by atoms with Gasteiger partial charge >= 0.3 is 0 Å². The molecule has 1 heterocycles. The zero-order valence-corrected chi connectivity index (χ0v) is 13.6. The van der Waals surface area contributed by atoms with Gasteiger partial charge in [-0.15, -0.1) is 0 Å². The zero-order chi connectivity index (χ0) is 15.3. The molecule has 2 rings (SSSR count). The molecular weight excluding hydrogens is 312 g/mol. The first-order valence-corrected chi connectivity index (χ1v) is 9.10. The third-order valence-electron chi connectivity index (χ3n) is 3.57. The summed E-state index contributed by atoms with van der Waals surface area (Å²) in [5, 5.41) is 3.81. The second-order valence-corrected chi connectivity index (χ2v) is 7.48. The van der Waals surface area contributed by atoms with E-state index in [1.165, 1.54) is 13.5 Å². The molecule has 1 saturated heterocycles. The molecule has 1 aliphatic heterocycles. The molecule has 5 nitrogen and oxygen atoms in total. The maximum Gasteiger partial charge on any atom is 0.232 e. The molecule has 0 radical (unpaired) electrons. The van der Waals surface area contributed by atoms with Gasteiger partial charge in [-0.2, -0.15) is 0 Å². The highest BCUT2D eigenvalue weighted by Crippen LogP contribution is 2.28. The molecule has 1 aliphatic rings. The number of benzene rings is 1. The van der Waals surface area contributed by atoms with E-state index >= 15 is 0 Å². The van der Waals surface area contributed by atoms with Crippen LogP contribution in [0.4, 0.5) is 5.69 Å². The highest BCUT2D eigenvalue weighted by Gasteiger charge is 2.18. The molecule has 7 heteroatoms. The van der Waals surface area contributed by atoms with E-state index in [-0.39, 0.29) is 11.8 Å². The van der Waals surface area contributed by atoms with E-state index in [2.05, 4.69) is 10.0 Å². The quantitative estimate of drug-likeness (QED) is 0.840. The van der Waals surface area contributed by atoms with Gasteiger partial charge in [0.1, 0.15) is 5.75 Å². The molecule has 0 bridgehead atoms. The number of anilines is 1. The average molecular weight is 333 g/mol. The number of rotatable bonds is 6. The van der Waals surface area contributed by atoms with Gasteiger partial charge in [0.2, 0.25) is 10.0 Å². The summed E-state index contributed by atoms with van der Waals surface area (Å²) in [6.07, 6.45) is 3.97. The van der Waals surface area contributed by atoms with Gasteiger partial charge in [-0.3, -0.25) is 4.72 Å². The number of piperidine rings is 1. The van der Waals surface area contributed by atoms with Crippen molar-refractivity contribution in [3.63, 3.8) is 0 Å². The maximum atomic E-state index is 12.2. The van der Waals surface area contributed by atoms with Crippen molar-refractivity contribution in [1.82, 2.24) is 5.32 Å². The maximum absolute atomic E-state index is 12.2. The lowest BCUT2D eigenvalue weighted by atomic mass is 10.0. The molecule has 1 aromatic carbocycles. The summed E-state index contributed by atoms with van der Waals surface area (Å²) in [5.74, 6) is 0.541. The van der Waals surface area contributed by atoms with Crippen molar-refractivity contribution >= 4 is 27.3 Å². The second kappa shape index (κ2) is 7.33. The summed E-state index contributed by atoms with van der Waals surface area (Å²) in [7, 11) is -1.92. The van der Waals surface area contributed by atoms with Crippen molar-refractivity contribution in [1.29, 1.82) is 0 Å². The Morgan fingerprint density at radius 2 is 2.24 bits per heavy atom. The molecule has 118 valence electrons. The van der Waals surface area contributed by atoms with Crippen LogP contribution in [0.3, 0.4) is 0 Å². The topological polar surface area (TPSA) is 67.4 Å². The van der Waals surface area contributed by atoms with E-state index in [0.29, 0.717) is 22.9 Å². The lowest BCUT2D eigenvalue weighted by Gasteiger charge is -2.23. The Kier molecular flexibility index (Phi) is 5.72. The molecule has 0 spiro atoms. The van der Waals surface area contributed by atoms with E-state index in [4.69, 9.17) is 16.3 Å². The number of hydrogen-bond donors (Lipinski definition) is 2. The molecule has 0 aromatic heterocycles. The minimum atomic E-state index is -3.41. The molecular formula is C14H21ClN2O3S. The van der Waals surface area contributed by atoms with Crippen LogP contribution < -0.4 is 14.8 Å². The summed E-state index contributed by atoms with van der Waals surface area (Å²) in [5.41, 5.74) is 0.376. The lowest BCUT2D eigenvalue weighted by molar-refractivity contribution is 0.393. The van der Waals surface area contributed by atoms with Crippen LogP contribution in [0.15, 0.2) is 18.2 Å². The van der Waals surface area contributed by atoms with Crippen LogP contribution in [0.2, 0.25) is 5.02 Å². The zero-order valence-electron chi connectivity index (χ0n) is 12.1. The second-order valence-electron chi connectivity index (χ2n) is 5.20. The van der Waals surface area contributed by atoms with E-state index < -0.39 is 10.0 Å². The van der Waals surface area contributed by atoms with Crippen molar-refractivity contribution in [2.45, 2.75) is 31.7 Å². The number of nitrogens with one attached hydrogen (secondary N) is 2. The first-order valence-electron chi connectivity index (χ1n) is 7.07. The Hall–Kier alpha value is -0.980. The third kappa shape index (κ3) is 5.05. The van der Waals surface area contributed by atoms with E-state index in [1.54, 1.807) is 18.2 Å². The van der Waals surface area contributed by atoms with Crippen molar-refractivity contribution in [3.8, 4) is 5.75 Å². The van der Waals surface area contributed by atoms with Crippen molar-refractivity contribution in [2.24, 2.45) is 0 Å². The van der Waals surface area contributed by atoms with Gasteiger partial charge in [0.05, 0.1) is 18.6 Å². The van der Waals surface area contributed by atoms with Crippen molar-refractivity contribution in [2.75, 3.05) is 24.1 Å². The van der Waals surface area contributed by atoms with Crippen molar-refractivity contribution in [3.05, 3.63) is 23.2 Å². The normalized spacial score (nSPS) is 19.2. The molecule has 1 unspecified atom stereocenters. The van der Waals surface area contributed by atoms with Gasteiger partial charge in [-0.05, 0) is 44.0 Å². The molecule has 0 aliphatic carbocycles. The highest BCUT2D eigenvalue weighted by molar-refractivity contribution is 7.92. The summed E-state index contributed by atoms with van der Waals surface area (Å²) in [4.78, 5) is 0. The summed E-state index contributed by atoms with van der Waals surface area (Å²) >= 11 is 5.90. The molecule has 1 fully saturated rings. The largest absolute Gasteiger partial charge is 0.495 e. The first-order chi connectivity index (χ1) is 10.00. The fourth-order valence-corrected chi connectivity index (χ4v) is 3.81. The smallest absolute Gasteiger partial charge is 0.232 e. The number of halogens is 1. The molecule has 2 N–H and O–H groups in total. The molecule has 1 aromatic rings. The Labute approximate surface area is 131 Å². The minimum Gasteiger partial charge on any atom is -0.495 e. The number of sulfonamides is 1. The van der Waals surface area contributed by atoms with Crippen LogP contribution in [0.1, 0.15) is 25.7 Å². The van der Waals surface area contributed by atoms with Crippen LogP contribution in [0.25, 0.3) is 0 Å². The SMILES string of the molecule is COc1ccc(Cl)cc1NS(=O)(=O)CCC1CCCCN1. The van der Waals surface area contributed by atoms with Crippen molar-refractivity contribution < 1.29 is 13.2 Å². The fourth-order valence-electron chi connectivity index (χ4n) is 2.45. The average Bonchev–Trinajstić information content (AvgIpc) is 2.46. The number of methoxy groups -OCH3 is 1. The summed E-state index contributed by atoms with van der Waals surface area (Å²) in [6.45, 7) is 0.972. The van der Waals surface area contributed by atoms with Crippen LogP contribution in [0.5, 0.6) is 5.75 Å². The first kappa shape index (κ1) is 16.4. The lowest BCUT2D eigenvalue weighted by Crippen LogP contribution is -2.36. The third-order valence-corrected chi connectivity index (χ3v) is 5.11. The monoisotopic (exact) mass is 332 g/mol. The van der Waals surface area contributed by atoms with Gasteiger partial charge in [0.15, 0.2) is 0 Å². The molecule has 0 saturated carbocycles. The molecule has 1 atom stereocenters. The number of hydrogen-bond acceptors (Lipinski definition) is 4. The molecule has 21 heavy (non-hydrogen) atoms. The van der Waals surface area contributed by atoms with Gasteiger partial charge in [0.25, 0.3) is 0 Å². The summed E-state index contributed by atoms with van der Waals surface area (Å²) in [6, 6.07) is 5.14. The Bertz CT molecular complexity index is 572. The van der Waals surface area contributed by atoms with Crippen LogP contribution >= 0.6 is 11.6 Å². The van der Waals surface area contributed by atoms with Gasteiger partial charge in [0, 0.05) is 11.1 Å². The predicted molar refractivity (Wildman–Crippen MR) is 85.7 cm³/mol. The Balaban J connectivity index is 1.98. The van der Waals surface area contributed by atoms with Gasteiger partial charge in [-0.1, -0.05) is 18.0 Å². The van der Waals surface area contributed by atoms with Crippen LogP contribution in [-0.4, -0.2) is 33.9 Å². The van der Waals surface area contributed by atoms with Gasteiger partial charge < -0.3 is 10.1 Å². The standard InChI is InChI=1S/C14H21ClN2O3S/c1-20-14-6-5-11(15)10-13(14)17-21(18,19)9-7-12-4-2-3-8-16-12/h5-6,10,12,16-17H,2-4,7-9H2,1H3. The fraction of sp³-hybridized carbons (Fsp3) is 0.571. The highest BCUT2D eigenvalue weighted by atomic mass is 35.5. The van der Waals surface area contributed by atoms with E-state index in [0.717, 1.165) is 19.4 Å². The van der Waals surface area contributed by atoms with E-state index in [1.807, 2.05) is 0 Å². The Morgan fingerprint density at radius 3 is 2.90 bits per heavy atom. The Morgan fingerprint density at radius 1 is 1.43 bits per heavy atom. The van der Waals surface area contributed by atoms with E-state index in [9.17, 15) is 8.42 Å². The van der Waals surface area contributed by atoms with Crippen LogP contribution in [-0.2, 0) is 10.0 Å². The van der Waals surface area contributed by atoms with Crippen LogP contribution in [0, 0.1) is 0 Å².